The van der Waals surface area contributed by atoms with E-state index in [1.165, 1.54) is 4.90 Å². The molecule has 1 aliphatic heterocycles. The largest absolute Gasteiger partial charge is 0.347 e. The zero-order valence-corrected chi connectivity index (χ0v) is 15.8. The Kier molecular flexibility index (Phi) is 7.66. The van der Waals surface area contributed by atoms with Crippen LogP contribution in [-0.4, -0.2) is 85.3 Å². The number of hydrogen-bond donors (Lipinski definition) is 1. The molecule has 1 rings (SSSR count). The fourth-order valence-corrected chi connectivity index (χ4v) is 2.82. The Morgan fingerprint density at radius 2 is 1.62 bits per heavy atom. The van der Waals surface area contributed by atoms with Gasteiger partial charge in [0.05, 0.1) is 6.54 Å². The number of nitrogens with zero attached hydrogens (tertiary/aromatic N) is 3. The molecule has 1 N–H and O–H groups in total. The van der Waals surface area contributed by atoms with E-state index in [2.05, 4.69) is 5.32 Å². The number of carbonyl (C=O) groups excluding carboxylic acids is 3. The number of likely N-dealkylation sites (tertiary alicyclic amines) is 1. The summed E-state index contributed by atoms with van der Waals surface area (Å²) in [5.41, 5.74) is 0. The third-order valence-corrected chi connectivity index (χ3v) is 4.61. The van der Waals surface area contributed by atoms with E-state index in [0.717, 1.165) is 25.9 Å². The van der Waals surface area contributed by atoms with Crippen LogP contribution in [0.25, 0.3) is 0 Å². The van der Waals surface area contributed by atoms with Crippen molar-refractivity contribution in [1.82, 2.24) is 20.0 Å². The van der Waals surface area contributed by atoms with E-state index in [-0.39, 0.29) is 36.2 Å². The summed E-state index contributed by atoms with van der Waals surface area (Å²) in [6, 6.07) is -0.316. The standard InChI is InChI=1S/C17H32N4O3/c1-12(2)20(6)17(24)14-7-9-21(10-8-14)11-15(22)18-13(3)16(23)19(4)5/h12-14H,7-11H2,1-6H3,(H,18,22). The van der Waals surface area contributed by atoms with Gasteiger partial charge in [-0.05, 0) is 46.7 Å². The van der Waals surface area contributed by atoms with E-state index in [9.17, 15) is 14.4 Å². The first-order valence-electron chi connectivity index (χ1n) is 8.63. The molecule has 0 aromatic carbocycles. The Bertz CT molecular complexity index is 457. The molecule has 0 bridgehead atoms. The van der Waals surface area contributed by atoms with E-state index in [1.807, 2.05) is 25.8 Å². The van der Waals surface area contributed by atoms with Gasteiger partial charge >= 0.3 is 0 Å². The zero-order valence-electron chi connectivity index (χ0n) is 15.8. The number of rotatable bonds is 6. The van der Waals surface area contributed by atoms with Crippen molar-refractivity contribution in [3.8, 4) is 0 Å². The summed E-state index contributed by atoms with van der Waals surface area (Å²) in [5.74, 6) is -0.0311. The molecule has 1 unspecified atom stereocenters. The van der Waals surface area contributed by atoms with Crippen LogP contribution in [0.1, 0.15) is 33.6 Å². The lowest BCUT2D eigenvalue weighted by Gasteiger charge is -2.34. The molecule has 0 radical (unpaired) electrons. The minimum Gasteiger partial charge on any atom is -0.347 e. The predicted molar refractivity (Wildman–Crippen MR) is 93.4 cm³/mol. The average Bonchev–Trinajstić information content (AvgIpc) is 2.52. The zero-order chi connectivity index (χ0) is 18.4. The van der Waals surface area contributed by atoms with Gasteiger partial charge in [-0.15, -0.1) is 0 Å². The summed E-state index contributed by atoms with van der Waals surface area (Å²) in [7, 11) is 5.18. The average molecular weight is 340 g/mol. The van der Waals surface area contributed by atoms with Crippen molar-refractivity contribution >= 4 is 17.7 Å². The predicted octanol–water partition coefficient (Wildman–Crippen LogP) is 0.158. The highest BCUT2D eigenvalue weighted by molar-refractivity contribution is 5.87. The van der Waals surface area contributed by atoms with Crippen molar-refractivity contribution in [3.05, 3.63) is 0 Å². The number of piperidine rings is 1. The van der Waals surface area contributed by atoms with Crippen LogP contribution in [0.5, 0.6) is 0 Å². The van der Waals surface area contributed by atoms with Crippen LogP contribution >= 0.6 is 0 Å². The topological polar surface area (TPSA) is 73.0 Å². The number of carbonyl (C=O) groups is 3. The van der Waals surface area contributed by atoms with Crippen molar-refractivity contribution in [2.75, 3.05) is 40.8 Å². The lowest BCUT2D eigenvalue weighted by molar-refractivity contribution is -0.137. The highest BCUT2D eigenvalue weighted by Gasteiger charge is 2.29. The summed E-state index contributed by atoms with van der Waals surface area (Å²) in [5, 5.41) is 2.73. The fourth-order valence-electron chi connectivity index (χ4n) is 2.82. The SMILES string of the molecule is CC(NC(=O)CN1CCC(C(=O)N(C)C(C)C)CC1)C(=O)N(C)C. The molecule has 1 fully saturated rings. The molecule has 0 aromatic heterocycles. The molecule has 0 spiro atoms. The van der Waals surface area contributed by atoms with Gasteiger partial charge in [0.2, 0.25) is 17.7 Å². The van der Waals surface area contributed by atoms with Crippen LogP contribution in [0.15, 0.2) is 0 Å². The number of amides is 3. The molecular weight excluding hydrogens is 308 g/mol. The lowest BCUT2D eigenvalue weighted by Crippen LogP contribution is -2.49. The first-order valence-corrected chi connectivity index (χ1v) is 8.63. The second-order valence-corrected chi connectivity index (χ2v) is 7.12. The molecule has 3 amide bonds. The highest BCUT2D eigenvalue weighted by atomic mass is 16.2. The first kappa shape index (κ1) is 20.4. The molecule has 7 nitrogen and oxygen atoms in total. The van der Waals surface area contributed by atoms with Crippen molar-refractivity contribution in [2.24, 2.45) is 5.92 Å². The van der Waals surface area contributed by atoms with Gasteiger partial charge in [-0.1, -0.05) is 0 Å². The van der Waals surface area contributed by atoms with Crippen LogP contribution < -0.4 is 5.32 Å². The normalized spacial score (nSPS) is 17.5. The molecule has 1 heterocycles. The Hall–Kier alpha value is -1.63. The summed E-state index contributed by atoms with van der Waals surface area (Å²) in [6.07, 6.45) is 1.55. The third kappa shape index (κ3) is 5.78. The van der Waals surface area contributed by atoms with Crippen molar-refractivity contribution in [2.45, 2.75) is 45.7 Å². The van der Waals surface area contributed by atoms with Gasteiger partial charge in [-0.2, -0.15) is 0 Å². The minimum atomic E-state index is -0.522. The van der Waals surface area contributed by atoms with Gasteiger partial charge in [-0.3, -0.25) is 19.3 Å². The smallest absolute Gasteiger partial charge is 0.244 e. The molecule has 0 aliphatic carbocycles. The van der Waals surface area contributed by atoms with Gasteiger partial charge in [0, 0.05) is 33.1 Å². The maximum absolute atomic E-state index is 12.3. The fraction of sp³-hybridized carbons (Fsp3) is 0.824. The van der Waals surface area contributed by atoms with Crippen molar-refractivity contribution in [1.29, 1.82) is 0 Å². The van der Waals surface area contributed by atoms with Gasteiger partial charge in [0.15, 0.2) is 0 Å². The number of likely N-dealkylation sites (N-methyl/N-ethyl adjacent to an activating group) is 1. The Morgan fingerprint density at radius 3 is 2.08 bits per heavy atom. The molecule has 1 saturated heterocycles. The van der Waals surface area contributed by atoms with Gasteiger partial charge in [0.1, 0.15) is 6.04 Å². The summed E-state index contributed by atoms with van der Waals surface area (Å²) in [4.78, 5) is 41.5. The maximum atomic E-state index is 12.3. The number of nitrogens with one attached hydrogen (secondary N) is 1. The molecule has 1 aliphatic rings. The van der Waals surface area contributed by atoms with E-state index < -0.39 is 6.04 Å². The summed E-state index contributed by atoms with van der Waals surface area (Å²) < 4.78 is 0. The lowest BCUT2D eigenvalue weighted by atomic mass is 9.95. The second kappa shape index (κ2) is 9.01. The minimum absolute atomic E-state index is 0.0472. The van der Waals surface area contributed by atoms with E-state index in [1.54, 1.807) is 25.9 Å². The first-order chi connectivity index (χ1) is 11.1. The van der Waals surface area contributed by atoms with Crippen LogP contribution in [-0.2, 0) is 14.4 Å². The molecule has 7 heteroatoms. The van der Waals surface area contributed by atoms with Crippen molar-refractivity contribution < 1.29 is 14.4 Å². The molecule has 0 aromatic rings. The second-order valence-electron chi connectivity index (χ2n) is 7.12. The quantitative estimate of drug-likeness (QED) is 0.747. The number of hydrogen-bond acceptors (Lipinski definition) is 4. The third-order valence-electron chi connectivity index (χ3n) is 4.61. The Balaban J connectivity index is 2.39. The molecule has 138 valence electrons. The van der Waals surface area contributed by atoms with E-state index in [0.29, 0.717) is 0 Å². The van der Waals surface area contributed by atoms with E-state index >= 15 is 0 Å². The van der Waals surface area contributed by atoms with E-state index in [4.69, 9.17) is 0 Å². The monoisotopic (exact) mass is 340 g/mol. The van der Waals surface area contributed by atoms with Gasteiger partial charge in [0.25, 0.3) is 0 Å². The molecule has 1 atom stereocenters. The molecule has 0 saturated carbocycles. The molecular formula is C17H32N4O3. The van der Waals surface area contributed by atoms with Crippen LogP contribution in [0, 0.1) is 5.92 Å². The van der Waals surface area contributed by atoms with Crippen LogP contribution in [0.2, 0.25) is 0 Å². The van der Waals surface area contributed by atoms with Crippen LogP contribution in [0.3, 0.4) is 0 Å². The Morgan fingerprint density at radius 1 is 1.08 bits per heavy atom. The van der Waals surface area contributed by atoms with Crippen LogP contribution in [0.4, 0.5) is 0 Å². The Labute approximate surface area is 145 Å². The molecule has 24 heavy (non-hydrogen) atoms. The van der Waals surface area contributed by atoms with Crippen molar-refractivity contribution in [3.63, 3.8) is 0 Å². The summed E-state index contributed by atoms with van der Waals surface area (Å²) >= 11 is 0. The van der Waals surface area contributed by atoms with Gasteiger partial charge < -0.3 is 15.1 Å². The summed E-state index contributed by atoms with van der Waals surface area (Å²) in [6.45, 7) is 7.43. The highest BCUT2D eigenvalue weighted by Crippen LogP contribution is 2.19. The van der Waals surface area contributed by atoms with Gasteiger partial charge in [-0.25, -0.2) is 0 Å². The maximum Gasteiger partial charge on any atom is 0.244 e.